The van der Waals surface area contributed by atoms with E-state index in [1.165, 1.54) is 0 Å². The zero-order valence-corrected chi connectivity index (χ0v) is 11.8. The van der Waals surface area contributed by atoms with Gasteiger partial charge in [0, 0.05) is 18.4 Å². The molecule has 0 fully saturated rings. The van der Waals surface area contributed by atoms with Gasteiger partial charge in [0.15, 0.2) is 0 Å². The number of benzene rings is 1. The highest BCUT2D eigenvalue weighted by atomic mass is 16.1. The number of hydrogen-bond acceptors (Lipinski definition) is 4. The molecule has 0 atom stereocenters. The normalized spacial score (nSPS) is 10.9. The number of aromatic nitrogens is 4. The van der Waals surface area contributed by atoms with Crippen LogP contribution in [0.5, 0.6) is 0 Å². The second-order valence-corrected chi connectivity index (χ2v) is 5.00. The molecule has 0 spiro atoms. The van der Waals surface area contributed by atoms with Crippen molar-refractivity contribution in [3.05, 3.63) is 52.2 Å². The molecule has 3 N–H and O–H groups in total. The topological polar surface area (TPSA) is 86.5 Å². The number of nitrogens with one attached hydrogen (secondary N) is 3. The van der Waals surface area contributed by atoms with Crippen molar-refractivity contribution in [2.45, 2.75) is 19.8 Å². The van der Waals surface area contributed by atoms with Gasteiger partial charge in [-0.05, 0) is 31.0 Å². The number of aromatic amines is 2. The summed E-state index contributed by atoms with van der Waals surface area (Å²) in [5.41, 5.74) is 1.86. The van der Waals surface area contributed by atoms with Crippen LogP contribution in [0.1, 0.15) is 17.8 Å². The summed E-state index contributed by atoms with van der Waals surface area (Å²) in [7, 11) is 0. The monoisotopic (exact) mass is 283 g/mol. The number of fused-ring (bicyclic) bond motifs is 1. The molecule has 0 aliphatic carbocycles. The van der Waals surface area contributed by atoms with E-state index in [0.29, 0.717) is 5.82 Å². The molecule has 0 aliphatic rings. The van der Waals surface area contributed by atoms with E-state index < -0.39 is 0 Å². The fourth-order valence-electron chi connectivity index (χ4n) is 2.29. The van der Waals surface area contributed by atoms with Crippen molar-refractivity contribution in [1.29, 1.82) is 0 Å². The van der Waals surface area contributed by atoms with Crippen molar-refractivity contribution >= 4 is 16.7 Å². The third-order valence-electron chi connectivity index (χ3n) is 3.35. The summed E-state index contributed by atoms with van der Waals surface area (Å²) in [4.78, 5) is 18.2. The number of anilines is 1. The third kappa shape index (κ3) is 3.10. The van der Waals surface area contributed by atoms with E-state index in [2.05, 4.69) is 37.6 Å². The first-order valence-electron chi connectivity index (χ1n) is 6.96. The van der Waals surface area contributed by atoms with Gasteiger partial charge in [0.2, 0.25) is 0 Å². The lowest BCUT2D eigenvalue weighted by atomic mass is 10.1. The Morgan fingerprint density at radius 2 is 2.14 bits per heavy atom. The standard InChI is InChI=1S/C15H17N5O/c1-10-9-11-5-2-3-6-12(11)17-14(10)16-8-4-7-13-18-15(21)20-19-13/h2-3,5-6,9H,4,7-8H2,1H3,(H,16,17)(H2,18,19,20,21). The molecule has 0 unspecified atom stereocenters. The molecule has 21 heavy (non-hydrogen) atoms. The fourth-order valence-corrected chi connectivity index (χ4v) is 2.29. The molecule has 0 saturated heterocycles. The van der Waals surface area contributed by atoms with Crippen LogP contribution < -0.4 is 11.0 Å². The van der Waals surface area contributed by atoms with E-state index in [4.69, 9.17) is 0 Å². The molecule has 0 aliphatic heterocycles. The summed E-state index contributed by atoms with van der Waals surface area (Å²) in [5, 5.41) is 10.7. The van der Waals surface area contributed by atoms with E-state index in [-0.39, 0.29) is 5.69 Å². The van der Waals surface area contributed by atoms with E-state index in [1.54, 1.807) is 0 Å². The molecule has 0 saturated carbocycles. The lowest BCUT2D eigenvalue weighted by molar-refractivity contribution is 0.803. The highest BCUT2D eigenvalue weighted by Crippen LogP contribution is 2.19. The maximum Gasteiger partial charge on any atom is 0.340 e. The van der Waals surface area contributed by atoms with Gasteiger partial charge in [-0.15, -0.1) is 0 Å². The molecule has 6 nitrogen and oxygen atoms in total. The summed E-state index contributed by atoms with van der Waals surface area (Å²) in [6.45, 7) is 2.83. The second-order valence-electron chi connectivity index (χ2n) is 5.00. The van der Waals surface area contributed by atoms with Crippen LogP contribution in [0, 0.1) is 6.92 Å². The first-order valence-corrected chi connectivity index (χ1v) is 6.96. The van der Waals surface area contributed by atoms with Crippen molar-refractivity contribution in [3.63, 3.8) is 0 Å². The Labute approximate surface area is 121 Å². The minimum absolute atomic E-state index is 0.259. The van der Waals surface area contributed by atoms with E-state index >= 15 is 0 Å². The summed E-state index contributed by atoms with van der Waals surface area (Å²) in [5.74, 6) is 1.59. The Balaban J connectivity index is 1.62. The van der Waals surface area contributed by atoms with Gasteiger partial charge in [-0.1, -0.05) is 18.2 Å². The number of aryl methyl sites for hydroxylation is 2. The van der Waals surface area contributed by atoms with Crippen LogP contribution >= 0.6 is 0 Å². The Kier molecular flexibility index (Phi) is 3.68. The molecule has 0 amide bonds. The van der Waals surface area contributed by atoms with Crippen molar-refractivity contribution in [3.8, 4) is 0 Å². The molecule has 0 radical (unpaired) electrons. The number of pyridine rings is 1. The van der Waals surface area contributed by atoms with Crippen LogP contribution in [0.15, 0.2) is 35.1 Å². The van der Waals surface area contributed by atoms with Gasteiger partial charge < -0.3 is 5.32 Å². The van der Waals surface area contributed by atoms with E-state index in [1.807, 2.05) is 25.1 Å². The summed E-state index contributed by atoms with van der Waals surface area (Å²) in [6.07, 6.45) is 1.59. The zero-order chi connectivity index (χ0) is 14.7. The van der Waals surface area contributed by atoms with Crippen molar-refractivity contribution in [2.24, 2.45) is 0 Å². The summed E-state index contributed by atoms with van der Waals surface area (Å²) in [6, 6.07) is 10.2. The molecule has 2 aromatic heterocycles. The lowest BCUT2D eigenvalue weighted by Gasteiger charge is -2.09. The first kappa shape index (κ1) is 13.4. The molecule has 1 aromatic carbocycles. The van der Waals surface area contributed by atoms with Crippen LogP contribution in [0.2, 0.25) is 0 Å². The molecule has 3 rings (SSSR count). The van der Waals surface area contributed by atoms with Crippen molar-refractivity contribution in [2.75, 3.05) is 11.9 Å². The largest absolute Gasteiger partial charge is 0.370 e. The van der Waals surface area contributed by atoms with E-state index in [0.717, 1.165) is 41.7 Å². The van der Waals surface area contributed by atoms with Crippen LogP contribution in [0.3, 0.4) is 0 Å². The minimum Gasteiger partial charge on any atom is -0.370 e. The van der Waals surface area contributed by atoms with Gasteiger partial charge in [0.25, 0.3) is 0 Å². The van der Waals surface area contributed by atoms with E-state index in [9.17, 15) is 4.79 Å². The third-order valence-corrected chi connectivity index (χ3v) is 3.35. The average molecular weight is 283 g/mol. The molecule has 3 aromatic rings. The molecule has 6 heteroatoms. The van der Waals surface area contributed by atoms with Gasteiger partial charge in [0.1, 0.15) is 11.6 Å². The Bertz CT molecular complexity index is 805. The summed E-state index contributed by atoms with van der Waals surface area (Å²) >= 11 is 0. The molecule has 0 bridgehead atoms. The highest BCUT2D eigenvalue weighted by molar-refractivity contribution is 5.81. The average Bonchev–Trinajstić information content (AvgIpc) is 2.89. The maximum atomic E-state index is 10.9. The van der Waals surface area contributed by atoms with Gasteiger partial charge in [0.05, 0.1) is 5.52 Å². The molecule has 2 heterocycles. The zero-order valence-electron chi connectivity index (χ0n) is 11.8. The number of nitrogens with zero attached hydrogens (tertiary/aromatic N) is 2. The van der Waals surface area contributed by atoms with Crippen LogP contribution in [-0.4, -0.2) is 26.7 Å². The summed E-state index contributed by atoms with van der Waals surface area (Å²) < 4.78 is 0. The lowest BCUT2D eigenvalue weighted by Crippen LogP contribution is -2.07. The van der Waals surface area contributed by atoms with Crippen LogP contribution in [-0.2, 0) is 6.42 Å². The van der Waals surface area contributed by atoms with Crippen LogP contribution in [0.25, 0.3) is 10.9 Å². The number of hydrogen-bond donors (Lipinski definition) is 3. The quantitative estimate of drug-likeness (QED) is 0.625. The van der Waals surface area contributed by atoms with Gasteiger partial charge in [-0.3, -0.25) is 4.98 Å². The predicted octanol–water partition coefficient (Wildman–Crippen LogP) is 2.00. The number of H-pyrrole nitrogens is 2. The van der Waals surface area contributed by atoms with Gasteiger partial charge in [-0.2, -0.15) is 5.10 Å². The van der Waals surface area contributed by atoms with Crippen molar-refractivity contribution < 1.29 is 0 Å². The predicted molar refractivity (Wildman–Crippen MR) is 82.5 cm³/mol. The van der Waals surface area contributed by atoms with Crippen molar-refractivity contribution in [1.82, 2.24) is 20.2 Å². The fraction of sp³-hybridized carbons (Fsp3) is 0.267. The highest BCUT2D eigenvalue weighted by Gasteiger charge is 2.03. The van der Waals surface area contributed by atoms with Gasteiger partial charge >= 0.3 is 5.69 Å². The van der Waals surface area contributed by atoms with Gasteiger partial charge in [-0.25, -0.2) is 14.9 Å². The molecular formula is C15H17N5O. The van der Waals surface area contributed by atoms with Crippen LogP contribution in [0.4, 0.5) is 5.82 Å². The smallest absolute Gasteiger partial charge is 0.340 e. The molecular weight excluding hydrogens is 266 g/mol. The number of para-hydroxylation sites is 1. The SMILES string of the molecule is Cc1cc2ccccc2nc1NCCCc1n[nH]c(=O)[nH]1. The first-order chi connectivity index (χ1) is 10.2. The number of rotatable bonds is 5. The Morgan fingerprint density at radius 1 is 1.29 bits per heavy atom. The Morgan fingerprint density at radius 3 is 2.95 bits per heavy atom. The second kappa shape index (κ2) is 5.78. The maximum absolute atomic E-state index is 10.9. The Hall–Kier alpha value is -2.63. The molecule has 108 valence electrons. The minimum atomic E-state index is -0.259.